The van der Waals surface area contributed by atoms with E-state index in [1.165, 1.54) is 0 Å². The first-order chi connectivity index (χ1) is 7.48. The van der Waals surface area contributed by atoms with E-state index in [2.05, 4.69) is 24.1 Å². The third-order valence-corrected chi connectivity index (χ3v) is 5.52. The zero-order valence-electron chi connectivity index (χ0n) is 10.1. The van der Waals surface area contributed by atoms with E-state index < -0.39 is 9.84 Å². The largest absolute Gasteiger partial charge is 0.311 e. The second-order valence-corrected chi connectivity index (χ2v) is 7.54. The van der Waals surface area contributed by atoms with Crippen LogP contribution in [0, 0.1) is 0 Å². The Kier molecular flexibility index (Phi) is 3.56. The molecule has 2 atom stereocenters. The minimum atomic E-state index is -2.73. The maximum Gasteiger partial charge on any atom is 0.150 e. The van der Waals surface area contributed by atoms with Crippen molar-refractivity contribution in [2.45, 2.75) is 44.8 Å². The maximum absolute atomic E-state index is 11.4. The Labute approximate surface area is 98.3 Å². The van der Waals surface area contributed by atoms with Crippen LogP contribution in [0.1, 0.15) is 26.7 Å². The molecule has 0 spiro atoms. The van der Waals surface area contributed by atoms with Crippen LogP contribution in [0.4, 0.5) is 0 Å². The van der Waals surface area contributed by atoms with Crippen molar-refractivity contribution in [2.75, 3.05) is 24.6 Å². The van der Waals surface area contributed by atoms with Gasteiger partial charge in [0.2, 0.25) is 0 Å². The molecule has 0 radical (unpaired) electrons. The van der Waals surface area contributed by atoms with Crippen molar-refractivity contribution in [2.24, 2.45) is 0 Å². The van der Waals surface area contributed by atoms with Crippen molar-refractivity contribution >= 4 is 9.84 Å². The van der Waals surface area contributed by atoms with Gasteiger partial charge >= 0.3 is 0 Å². The molecule has 0 aromatic heterocycles. The first-order valence-electron chi connectivity index (χ1n) is 6.17. The lowest BCUT2D eigenvalue weighted by atomic mass is 10.0. The summed E-state index contributed by atoms with van der Waals surface area (Å²) in [6.45, 7) is 6.48. The molecule has 2 aliphatic heterocycles. The van der Waals surface area contributed by atoms with Gasteiger partial charge in [-0.1, -0.05) is 0 Å². The molecule has 0 aromatic rings. The van der Waals surface area contributed by atoms with E-state index in [-0.39, 0.29) is 0 Å². The number of hydrogen-bond donors (Lipinski definition) is 1. The van der Waals surface area contributed by atoms with Crippen molar-refractivity contribution < 1.29 is 8.42 Å². The van der Waals surface area contributed by atoms with Crippen molar-refractivity contribution in [1.29, 1.82) is 0 Å². The van der Waals surface area contributed by atoms with Crippen LogP contribution in [0.25, 0.3) is 0 Å². The summed E-state index contributed by atoms with van der Waals surface area (Å²) in [5.74, 6) is 0.755. The molecular weight excluding hydrogens is 224 g/mol. The molecule has 1 N–H and O–H groups in total. The molecule has 2 unspecified atom stereocenters. The van der Waals surface area contributed by atoms with Crippen LogP contribution in [-0.4, -0.2) is 56.0 Å². The fraction of sp³-hybridized carbons (Fsp3) is 1.00. The summed E-state index contributed by atoms with van der Waals surface area (Å²) >= 11 is 0. The van der Waals surface area contributed by atoms with Crippen molar-refractivity contribution in [3.05, 3.63) is 0 Å². The Morgan fingerprint density at radius 2 is 1.81 bits per heavy atom. The van der Waals surface area contributed by atoms with Crippen molar-refractivity contribution in [3.8, 4) is 0 Å². The van der Waals surface area contributed by atoms with Crippen LogP contribution < -0.4 is 5.32 Å². The molecule has 2 saturated heterocycles. The Hall–Kier alpha value is -0.130. The van der Waals surface area contributed by atoms with Crippen molar-refractivity contribution in [3.63, 3.8) is 0 Å². The number of nitrogens with one attached hydrogen (secondary N) is 1. The van der Waals surface area contributed by atoms with E-state index in [1.54, 1.807) is 0 Å². The van der Waals surface area contributed by atoms with E-state index >= 15 is 0 Å². The maximum atomic E-state index is 11.4. The average Bonchev–Trinajstić information content (AvgIpc) is 2.22. The van der Waals surface area contributed by atoms with Crippen LogP contribution >= 0.6 is 0 Å². The number of piperazine rings is 1. The van der Waals surface area contributed by atoms with Crippen LogP contribution in [-0.2, 0) is 9.84 Å². The molecule has 2 rings (SSSR count). The molecule has 2 aliphatic rings. The van der Waals surface area contributed by atoms with E-state index in [0.29, 0.717) is 29.6 Å². The van der Waals surface area contributed by atoms with E-state index in [0.717, 1.165) is 25.9 Å². The molecule has 0 aliphatic carbocycles. The second-order valence-electron chi connectivity index (χ2n) is 5.24. The van der Waals surface area contributed by atoms with Gasteiger partial charge in [-0.15, -0.1) is 0 Å². The highest BCUT2D eigenvalue weighted by molar-refractivity contribution is 7.91. The highest BCUT2D eigenvalue weighted by Crippen LogP contribution is 2.21. The number of hydrogen-bond acceptors (Lipinski definition) is 4. The van der Waals surface area contributed by atoms with Crippen LogP contribution in [0.5, 0.6) is 0 Å². The van der Waals surface area contributed by atoms with Crippen LogP contribution in [0.2, 0.25) is 0 Å². The SMILES string of the molecule is CC1CN(C2CCS(=O)(=O)CC2)C(C)CN1. The number of nitrogens with zero attached hydrogens (tertiary/aromatic N) is 1. The zero-order valence-corrected chi connectivity index (χ0v) is 11.0. The molecule has 0 amide bonds. The molecule has 4 nitrogen and oxygen atoms in total. The highest BCUT2D eigenvalue weighted by Gasteiger charge is 2.32. The van der Waals surface area contributed by atoms with Gasteiger partial charge in [-0.05, 0) is 26.7 Å². The first-order valence-corrected chi connectivity index (χ1v) is 7.99. The van der Waals surface area contributed by atoms with Gasteiger partial charge in [-0.25, -0.2) is 8.42 Å². The zero-order chi connectivity index (χ0) is 11.8. The lowest BCUT2D eigenvalue weighted by molar-refractivity contribution is 0.0889. The molecule has 2 heterocycles. The molecule has 5 heteroatoms. The minimum absolute atomic E-state index is 0.378. The van der Waals surface area contributed by atoms with E-state index in [9.17, 15) is 8.42 Å². The number of rotatable bonds is 1. The Morgan fingerprint density at radius 1 is 1.19 bits per heavy atom. The summed E-state index contributed by atoms with van der Waals surface area (Å²) in [6, 6.07) is 1.53. The predicted molar refractivity (Wildman–Crippen MR) is 65.3 cm³/mol. The van der Waals surface area contributed by atoms with Gasteiger partial charge in [0.1, 0.15) is 9.84 Å². The molecule has 16 heavy (non-hydrogen) atoms. The molecule has 94 valence electrons. The molecule has 0 bridgehead atoms. The molecular formula is C11H22N2O2S. The lowest BCUT2D eigenvalue weighted by Crippen LogP contribution is -2.58. The fourth-order valence-corrected chi connectivity index (χ4v) is 4.23. The van der Waals surface area contributed by atoms with Gasteiger partial charge in [0.15, 0.2) is 0 Å². The predicted octanol–water partition coefficient (Wildman–Crippen LogP) is 0.246. The molecule has 2 fully saturated rings. The van der Waals surface area contributed by atoms with Gasteiger partial charge in [0.05, 0.1) is 11.5 Å². The van der Waals surface area contributed by atoms with Crippen LogP contribution in [0.3, 0.4) is 0 Å². The topological polar surface area (TPSA) is 49.4 Å². The smallest absolute Gasteiger partial charge is 0.150 e. The third-order valence-electron chi connectivity index (χ3n) is 3.81. The third kappa shape index (κ3) is 2.76. The Morgan fingerprint density at radius 3 is 2.44 bits per heavy atom. The standard InChI is InChI=1S/C11H22N2O2S/c1-9-8-13(10(2)7-12-9)11-3-5-16(14,15)6-4-11/h9-12H,3-8H2,1-2H3. The highest BCUT2D eigenvalue weighted by atomic mass is 32.2. The lowest BCUT2D eigenvalue weighted by Gasteiger charge is -2.43. The first kappa shape index (κ1) is 12.3. The quantitative estimate of drug-likeness (QED) is 0.720. The van der Waals surface area contributed by atoms with Crippen molar-refractivity contribution in [1.82, 2.24) is 10.2 Å². The van der Waals surface area contributed by atoms with Gasteiger partial charge in [0.25, 0.3) is 0 Å². The molecule has 0 aromatic carbocycles. The summed E-state index contributed by atoms with van der Waals surface area (Å²) in [5.41, 5.74) is 0. The summed E-state index contributed by atoms with van der Waals surface area (Å²) in [6.07, 6.45) is 1.64. The van der Waals surface area contributed by atoms with Gasteiger partial charge < -0.3 is 5.32 Å². The average molecular weight is 246 g/mol. The van der Waals surface area contributed by atoms with Gasteiger partial charge in [0, 0.05) is 31.2 Å². The number of sulfone groups is 1. The summed E-state index contributed by atoms with van der Waals surface area (Å²) in [7, 11) is -2.73. The summed E-state index contributed by atoms with van der Waals surface area (Å²) < 4.78 is 22.8. The van der Waals surface area contributed by atoms with Crippen LogP contribution in [0.15, 0.2) is 0 Å². The van der Waals surface area contributed by atoms with E-state index in [4.69, 9.17) is 0 Å². The van der Waals surface area contributed by atoms with Gasteiger partial charge in [-0.2, -0.15) is 0 Å². The fourth-order valence-electron chi connectivity index (χ4n) is 2.77. The Bertz CT molecular complexity index is 328. The van der Waals surface area contributed by atoms with Gasteiger partial charge in [-0.3, -0.25) is 4.90 Å². The Balaban J connectivity index is 1.97. The summed E-state index contributed by atoms with van der Waals surface area (Å²) in [4.78, 5) is 2.50. The second kappa shape index (κ2) is 4.63. The monoisotopic (exact) mass is 246 g/mol. The normalized spacial score (nSPS) is 37.4. The summed E-state index contributed by atoms with van der Waals surface area (Å²) in [5, 5.41) is 3.46. The van der Waals surface area contributed by atoms with E-state index in [1.807, 2.05) is 0 Å². The molecule has 0 saturated carbocycles. The minimum Gasteiger partial charge on any atom is -0.311 e.